The fourth-order valence-electron chi connectivity index (χ4n) is 2.14. The summed E-state index contributed by atoms with van der Waals surface area (Å²) in [6.45, 7) is 6.59. The Kier molecular flexibility index (Phi) is 12.1. The monoisotopic (exact) mass is 242 g/mol. The molecule has 0 spiro atoms. The summed E-state index contributed by atoms with van der Waals surface area (Å²) in [5.41, 5.74) is 0. The third kappa shape index (κ3) is 5.40. The topological polar surface area (TPSA) is 24.1 Å². The van der Waals surface area contributed by atoms with Gasteiger partial charge in [-0.25, -0.2) is 0 Å². The number of halogens is 2. The Morgan fingerprint density at radius 1 is 0.857 bits per heavy atom. The molecule has 0 aromatic rings. The summed E-state index contributed by atoms with van der Waals surface area (Å²) in [6.07, 6.45) is 5.51. The molecule has 0 amide bonds. The van der Waals surface area contributed by atoms with Crippen molar-refractivity contribution in [3.63, 3.8) is 0 Å². The van der Waals surface area contributed by atoms with E-state index in [1.54, 1.807) is 0 Å². The summed E-state index contributed by atoms with van der Waals surface area (Å²) >= 11 is 0. The minimum atomic E-state index is 0. The Morgan fingerprint density at radius 3 is 1.50 bits per heavy atom. The zero-order valence-electron chi connectivity index (χ0n) is 9.21. The molecule has 88 valence electrons. The first-order chi connectivity index (χ1) is 5.88. The molecule has 0 aromatic carbocycles. The normalized spacial score (nSPS) is 26.1. The lowest BCUT2D eigenvalue weighted by atomic mass is 9.90. The molecule has 0 aliphatic heterocycles. The largest absolute Gasteiger partial charge is 0.313 e. The zero-order chi connectivity index (χ0) is 8.81. The van der Waals surface area contributed by atoms with Crippen molar-refractivity contribution in [1.29, 1.82) is 0 Å². The van der Waals surface area contributed by atoms with Crippen LogP contribution >= 0.6 is 24.8 Å². The average molecular weight is 243 g/mol. The van der Waals surface area contributed by atoms with Gasteiger partial charge in [-0.2, -0.15) is 0 Å². The second-order valence-corrected chi connectivity index (χ2v) is 3.61. The van der Waals surface area contributed by atoms with Gasteiger partial charge >= 0.3 is 0 Å². The number of hydrogen-bond acceptors (Lipinski definition) is 2. The van der Waals surface area contributed by atoms with Gasteiger partial charge in [-0.3, -0.25) is 0 Å². The average Bonchev–Trinajstić information content (AvgIpc) is 2.09. The SMILES string of the molecule is CCN[C@H]1CCCC[C@@H]1NCC.Cl.Cl. The zero-order valence-corrected chi connectivity index (χ0v) is 10.8. The molecule has 2 N–H and O–H groups in total. The van der Waals surface area contributed by atoms with E-state index >= 15 is 0 Å². The van der Waals surface area contributed by atoms with Gasteiger partial charge in [-0.1, -0.05) is 26.7 Å². The molecule has 2 atom stereocenters. The molecule has 2 nitrogen and oxygen atoms in total. The molecule has 4 heteroatoms. The van der Waals surface area contributed by atoms with Crippen LogP contribution in [0.15, 0.2) is 0 Å². The van der Waals surface area contributed by atoms with E-state index in [9.17, 15) is 0 Å². The maximum atomic E-state index is 3.56. The second kappa shape index (κ2) is 10.0. The van der Waals surface area contributed by atoms with Crippen LogP contribution in [0, 0.1) is 0 Å². The first-order valence-electron chi connectivity index (χ1n) is 5.35. The van der Waals surface area contributed by atoms with Gasteiger partial charge in [-0.05, 0) is 25.9 Å². The highest BCUT2D eigenvalue weighted by Gasteiger charge is 2.22. The molecule has 0 saturated heterocycles. The number of rotatable bonds is 4. The van der Waals surface area contributed by atoms with E-state index in [-0.39, 0.29) is 24.8 Å². The van der Waals surface area contributed by atoms with E-state index < -0.39 is 0 Å². The molecular formula is C10H24Cl2N2. The van der Waals surface area contributed by atoms with Gasteiger partial charge in [0.2, 0.25) is 0 Å². The van der Waals surface area contributed by atoms with Gasteiger partial charge in [0, 0.05) is 12.1 Å². The third-order valence-corrected chi connectivity index (χ3v) is 2.70. The van der Waals surface area contributed by atoms with E-state index in [4.69, 9.17) is 0 Å². The Labute approximate surface area is 100 Å². The second-order valence-electron chi connectivity index (χ2n) is 3.61. The van der Waals surface area contributed by atoms with Crippen molar-refractivity contribution in [1.82, 2.24) is 10.6 Å². The van der Waals surface area contributed by atoms with Crippen molar-refractivity contribution in [2.24, 2.45) is 0 Å². The van der Waals surface area contributed by atoms with Crippen LogP contribution in [0.4, 0.5) is 0 Å². The molecule has 0 bridgehead atoms. The van der Waals surface area contributed by atoms with E-state index in [1.165, 1.54) is 25.7 Å². The molecule has 14 heavy (non-hydrogen) atoms. The molecule has 1 rings (SSSR count). The highest BCUT2D eigenvalue weighted by Crippen LogP contribution is 2.18. The maximum Gasteiger partial charge on any atom is 0.0221 e. The lowest BCUT2D eigenvalue weighted by Crippen LogP contribution is -2.49. The van der Waals surface area contributed by atoms with Crippen LogP contribution in [0.2, 0.25) is 0 Å². The fraction of sp³-hybridized carbons (Fsp3) is 1.00. The van der Waals surface area contributed by atoms with Crippen molar-refractivity contribution in [2.75, 3.05) is 13.1 Å². The summed E-state index contributed by atoms with van der Waals surface area (Å²) < 4.78 is 0. The Morgan fingerprint density at radius 2 is 1.21 bits per heavy atom. The number of likely N-dealkylation sites (N-methyl/N-ethyl adjacent to an activating group) is 2. The lowest BCUT2D eigenvalue weighted by molar-refractivity contribution is 0.291. The Balaban J connectivity index is 0. The fourth-order valence-corrected chi connectivity index (χ4v) is 2.14. The third-order valence-electron chi connectivity index (χ3n) is 2.70. The van der Waals surface area contributed by atoms with Crippen LogP contribution in [-0.2, 0) is 0 Å². The highest BCUT2D eigenvalue weighted by molar-refractivity contribution is 5.85. The summed E-state index contributed by atoms with van der Waals surface area (Å²) in [5.74, 6) is 0. The Bertz CT molecular complexity index is 105. The molecule has 1 saturated carbocycles. The first kappa shape index (κ1) is 16.9. The van der Waals surface area contributed by atoms with Crippen molar-refractivity contribution in [3.8, 4) is 0 Å². The lowest BCUT2D eigenvalue weighted by Gasteiger charge is -2.32. The predicted octanol–water partition coefficient (Wildman–Crippen LogP) is 2.36. The van der Waals surface area contributed by atoms with E-state index in [2.05, 4.69) is 24.5 Å². The van der Waals surface area contributed by atoms with Crippen LogP contribution in [0.25, 0.3) is 0 Å². The minimum absolute atomic E-state index is 0. The quantitative estimate of drug-likeness (QED) is 0.792. The molecule has 0 unspecified atom stereocenters. The summed E-state index contributed by atoms with van der Waals surface area (Å²) in [4.78, 5) is 0. The molecule has 0 heterocycles. The van der Waals surface area contributed by atoms with E-state index in [0.717, 1.165) is 25.2 Å². The smallest absolute Gasteiger partial charge is 0.0221 e. The molecule has 1 fully saturated rings. The number of hydrogen-bond donors (Lipinski definition) is 2. The maximum absolute atomic E-state index is 3.56. The van der Waals surface area contributed by atoms with Crippen LogP contribution in [0.1, 0.15) is 39.5 Å². The predicted molar refractivity (Wildman–Crippen MR) is 67.9 cm³/mol. The Hall–Kier alpha value is 0.500. The summed E-state index contributed by atoms with van der Waals surface area (Å²) in [6, 6.07) is 1.45. The van der Waals surface area contributed by atoms with Gasteiger partial charge in [0.05, 0.1) is 0 Å². The standard InChI is InChI=1S/C10H22N2.2ClH/c1-3-11-9-7-5-6-8-10(9)12-4-2;;/h9-12H,3-8H2,1-2H3;2*1H/t9-,10-;;/m0../s1. The van der Waals surface area contributed by atoms with Gasteiger partial charge in [0.25, 0.3) is 0 Å². The molecule has 1 aliphatic rings. The molecule has 1 aliphatic carbocycles. The first-order valence-corrected chi connectivity index (χ1v) is 5.35. The highest BCUT2D eigenvalue weighted by atomic mass is 35.5. The summed E-state index contributed by atoms with van der Waals surface area (Å²) in [5, 5.41) is 7.11. The van der Waals surface area contributed by atoms with Crippen LogP contribution in [0.5, 0.6) is 0 Å². The molecular weight excluding hydrogens is 219 g/mol. The minimum Gasteiger partial charge on any atom is -0.313 e. The molecule has 0 radical (unpaired) electrons. The van der Waals surface area contributed by atoms with Gasteiger partial charge in [0.15, 0.2) is 0 Å². The van der Waals surface area contributed by atoms with Crippen molar-refractivity contribution in [3.05, 3.63) is 0 Å². The van der Waals surface area contributed by atoms with Crippen LogP contribution in [-0.4, -0.2) is 25.2 Å². The van der Waals surface area contributed by atoms with Gasteiger partial charge in [-0.15, -0.1) is 24.8 Å². The van der Waals surface area contributed by atoms with Crippen LogP contribution < -0.4 is 10.6 Å². The van der Waals surface area contributed by atoms with Crippen molar-refractivity contribution < 1.29 is 0 Å². The van der Waals surface area contributed by atoms with Gasteiger partial charge in [0.1, 0.15) is 0 Å². The molecule has 0 aromatic heterocycles. The van der Waals surface area contributed by atoms with Crippen LogP contribution in [0.3, 0.4) is 0 Å². The van der Waals surface area contributed by atoms with Crippen molar-refractivity contribution in [2.45, 2.75) is 51.6 Å². The van der Waals surface area contributed by atoms with Crippen molar-refractivity contribution >= 4 is 24.8 Å². The van der Waals surface area contributed by atoms with Gasteiger partial charge < -0.3 is 10.6 Å². The van der Waals surface area contributed by atoms with E-state index in [1.807, 2.05) is 0 Å². The summed E-state index contributed by atoms with van der Waals surface area (Å²) in [7, 11) is 0. The number of nitrogens with one attached hydrogen (secondary N) is 2. The van der Waals surface area contributed by atoms with E-state index in [0.29, 0.717) is 0 Å².